The van der Waals surface area contributed by atoms with Crippen LogP contribution < -0.4 is 5.32 Å². The summed E-state index contributed by atoms with van der Waals surface area (Å²) in [6.45, 7) is 2.48. The van der Waals surface area contributed by atoms with Crippen molar-refractivity contribution in [2.75, 3.05) is 18.8 Å². The first kappa shape index (κ1) is 19.0. The van der Waals surface area contributed by atoms with Gasteiger partial charge in [0.05, 0.1) is 11.8 Å². The van der Waals surface area contributed by atoms with E-state index in [0.717, 1.165) is 37.2 Å². The summed E-state index contributed by atoms with van der Waals surface area (Å²) in [5.74, 6) is 0.784. The van der Waals surface area contributed by atoms with Gasteiger partial charge in [-0.2, -0.15) is 11.8 Å². The van der Waals surface area contributed by atoms with Crippen LogP contribution in [0.1, 0.15) is 36.8 Å². The van der Waals surface area contributed by atoms with Gasteiger partial charge in [0.1, 0.15) is 6.54 Å². The summed E-state index contributed by atoms with van der Waals surface area (Å²) in [4.78, 5) is 38.0. The van der Waals surface area contributed by atoms with Gasteiger partial charge in [0.2, 0.25) is 17.7 Å². The molecule has 0 radical (unpaired) electrons. The van der Waals surface area contributed by atoms with Crippen molar-refractivity contribution in [3.8, 4) is 0 Å². The highest BCUT2D eigenvalue weighted by Gasteiger charge is 2.48. The van der Waals surface area contributed by atoms with Crippen molar-refractivity contribution in [3.05, 3.63) is 35.4 Å². The Hall–Kier alpha value is -1.82. The first-order chi connectivity index (χ1) is 12.6. The Morgan fingerprint density at radius 2 is 1.73 bits per heavy atom. The zero-order valence-corrected chi connectivity index (χ0v) is 16.0. The summed E-state index contributed by atoms with van der Waals surface area (Å²) >= 11 is 1.75. The topological polar surface area (TPSA) is 66.5 Å². The molecule has 2 aliphatic rings. The van der Waals surface area contributed by atoms with Crippen LogP contribution in [0.2, 0.25) is 0 Å². The van der Waals surface area contributed by atoms with Gasteiger partial charge in [-0.15, -0.1) is 0 Å². The second kappa shape index (κ2) is 8.71. The van der Waals surface area contributed by atoms with Crippen LogP contribution in [0, 0.1) is 18.8 Å². The molecule has 2 unspecified atom stereocenters. The lowest BCUT2D eigenvalue weighted by atomic mass is 9.81. The van der Waals surface area contributed by atoms with Gasteiger partial charge < -0.3 is 5.32 Å². The Morgan fingerprint density at radius 1 is 1.12 bits per heavy atom. The highest BCUT2D eigenvalue weighted by atomic mass is 32.2. The van der Waals surface area contributed by atoms with Crippen LogP contribution in [0.5, 0.6) is 0 Å². The van der Waals surface area contributed by atoms with Gasteiger partial charge >= 0.3 is 0 Å². The third-order valence-electron chi connectivity index (χ3n) is 5.19. The van der Waals surface area contributed by atoms with Gasteiger partial charge in [-0.3, -0.25) is 19.3 Å². The fourth-order valence-corrected chi connectivity index (χ4v) is 4.54. The van der Waals surface area contributed by atoms with E-state index < -0.39 is 0 Å². The predicted octanol–water partition coefficient (Wildman–Crippen LogP) is 2.52. The van der Waals surface area contributed by atoms with E-state index in [1.807, 2.05) is 0 Å². The van der Waals surface area contributed by atoms with E-state index in [2.05, 4.69) is 36.5 Å². The molecule has 1 aromatic carbocycles. The van der Waals surface area contributed by atoms with Gasteiger partial charge in [-0.25, -0.2) is 0 Å². The molecule has 26 heavy (non-hydrogen) atoms. The molecule has 1 aromatic rings. The summed E-state index contributed by atoms with van der Waals surface area (Å²) in [5, 5.41) is 2.82. The molecule has 1 saturated heterocycles. The number of rotatable bonds is 7. The Bertz CT molecular complexity index is 650. The number of fused-ring (bicyclic) bond motifs is 1. The van der Waals surface area contributed by atoms with Crippen molar-refractivity contribution in [3.63, 3.8) is 0 Å². The van der Waals surface area contributed by atoms with Gasteiger partial charge in [-0.05, 0) is 25.3 Å². The van der Waals surface area contributed by atoms with Crippen molar-refractivity contribution in [2.24, 2.45) is 11.8 Å². The zero-order valence-electron chi connectivity index (χ0n) is 15.2. The lowest BCUT2D eigenvalue weighted by Crippen LogP contribution is -2.41. The molecule has 1 aliphatic carbocycles. The number of imide groups is 1. The maximum Gasteiger partial charge on any atom is 0.240 e. The van der Waals surface area contributed by atoms with E-state index in [1.54, 1.807) is 11.8 Å². The molecule has 0 bridgehead atoms. The molecule has 140 valence electrons. The van der Waals surface area contributed by atoms with Crippen LogP contribution in [0.15, 0.2) is 24.3 Å². The number of hydrogen-bond donors (Lipinski definition) is 1. The van der Waals surface area contributed by atoms with Crippen molar-refractivity contribution in [1.29, 1.82) is 0 Å². The SMILES string of the molecule is Cc1ccc(CSCCNC(=O)CN2C(=O)C3CCCCC3C2=O)cc1. The van der Waals surface area contributed by atoms with Gasteiger partial charge in [0, 0.05) is 18.1 Å². The smallest absolute Gasteiger partial charge is 0.240 e. The fourth-order valence-electron chi connectivity index (χ4n) is 3.72. The van der Waals surface area contributed by atoms with E-state index in [9.17, 15) is 14.4 Å². The number of amides is 3. The molecule has 1 saturated carbocycles. The molecule has 5 nitrogen and oxygen atoms in total. The number of carbonyl (C=O) groups excluding carboxylic acids is 3. The summed E-state index contributed by atoms with van der Waals surface area (Å²) in [6, 6.07) is 8.43. The molecule has 1 heterocycles. The number of nitrogens with one attached hydrogen (secondary N) is 1. The second-order valence-corrected chi connectivity index (χ2v) is 8.25. The zero-order chi connectivity index (χ0) is 18.5. The Labute approximate surface area is 158 Å². The molecular weight excluding hydrogens is 348 g/mol. The lowest BCUT2D eigenvalue weighted by Gasteiger charge is -2.19. The molecule has 3 amide bonds. The molecule has 0 aromatic heterocycles. The maximum atomic E-state index is 12.4. The van der Waals surface area contributed by atoms with Crippen LogP contribution in [0.25, 0.3) is 0 Å². The highest BCUT2D eigenvalue weighted by Crippen LogP contribution is 2.37. The number of hydrogen-bond acceptors (Lipinski definition) is 4. The van der Waals surface area contributed by atoms with Crippen LogP contribution >= 0.6 is 11.8 Å². The largest absolute Gasteiger partial charge is 0.354 e. The van der Waals surface area contributed by atoms with Gasteiger partial charge in [0.15, 0.2) is 0 Å². The normalized spacial score (nSPS) is 22.4. The minimum atomic E-state index is -0.249. The molecule has 2 atom stereocenters. The summed E-state index contributed by atoms with van der Waals surface area (Å²) < 4.78 is 0. The Morgan fingerprint density at radius 3 is 2.35 bits per heavy atom. The molecule has 1 aliphatic heterocycles. The number of carbonyl (C=O) groups is 3. The van der Waals surface area contributed by atoms with Crippen molar-refractivity contribution >= 4 is 29.5 Å². The summed E-state index contributed by atoms with van der Waals surface area (Å²) in [5.41, 5.74) is 2.51. The number of thioether (sulfide) groups is 1. The van der Waals surface area contributed by atoms with Crippen molar-refractivity contribution in [2.45, 2.75) is 38.4 Å². The van der Waals surface area contributed by atoms with Crippen LogP contribution in [0.3, 0.4) is 0 Å². The van der Waals surface area contributed by atoms with Crippen LogP contribution in [-0.2, 0) is 20.1 Å². The van der Waals surface area contributed by atoms with Gasteiger partial charge in [0.25, 0.3) is 0 Å². The van der Waals surface area contributed by atoms with E-state index in [4.69, 9.17) is 0 Å². The molecular formula is C20H26N2O3S. The molecule has 3 rings (SSSR count). The molecule has 1 N–H and O–H groups in total. The number of likely N-dealkylation sites (tertiary alicyclic amines) is 1. The average molecular weight is 375 g/mol. The molecule has 6 heteroatoms. The highest BCUT2D eigenvalue weighted by molar-refractivity contribution is 7.98. The fraction of sp³-hybridized carbons (Fsp3) is 0.550. The molecule has 2 fully saturated rings. The van der Waals surface area contributed by atoms with Crippen LogP contribution in [-0.4, -0.2) is 41.5 Å². The minimum absolute atomic E-state index is 0.132. The lowest BCUT2D eigenvalue weighted by molar-refractivity contribution is -0.143. The van der Waals surface area contributed by atoms with E-state index >= 15 is 0 Å². The summed E-state index contributed by atoms with van der Waals surface area (Å²) in [7, 11) is 0. The van der Waals surface area contributed by atoms with Crippen molar-refractivity contribution in [1.82, 2.24) is 10.2 Å². The van der Waals surface area contributed by atoms with Gasteiger partial charge in [-0.1, -0.05) is 42.7 Å². The minimum Gasteiger partial charge on any atom is -0.354 e. The van der Waals surface area contributed by atoms with E-state index in [1.165, 1.54) is 16.0 Å². The number of benzene rings is 1. The number of nitrogens with zero attached hydrogens (tertiary/aromatic N) is 1. The number of aryl methyl sites for hydroxylation is 1. The molecule has 0 spiro atoms. The predicted molar refractivity (Wildman–Crippen MR) is 103 cm³/mol. The Kier molecular flexibility index (Phi) is 6.35. The first-order valence-electron chi connectivity index (χ1n) is 9.31. The first-order valence-corrected chi connectivity index (χ1v) is 10.5. The summed E-state index contributed by atoms with van der Waals surface area (Å²) in [6.07, 6.45) is 3.56. The standard InChI is InChI=1S/C20H26N2O3S/c1-14-6-8-15(9-7-14)13-26-11-10-21-18(23)12-22-19(24)16-4-2-3-5-17(16)20(22)25/h6-9,16-17H,2-5,10-13H2,1H3,(H,21,23). The van der Waals surface area contributed by atoms with E-state index in [-0.39, 0.29) is 36.1 Å². The maximum absolute atomic E-state index is 12.4. The van der Waals surface area contributed by atoms with Crippen LogP contribution in [0.4, 0.5) is 0 Å². The van der Waals surface area contributed by atoms with Crippen molar-refractivity contribution < 1.29 is 14.4 Å². The Balaban J connectivity index is 1.37. The third kappa shape index (κ3) is 4.47. The quantitative estimate of drug-likeness (QED) is 0.588. The monoisotopic (exact) mass is 374 g/mol. The third-order valence-corrected chi connectivity index (χ3v) is 6.22. The second-order valence-electron chi connectivity index (χ2n) is 7.15. The van der Waals surface area contributed by atoms with E-state index in [0.29, 0.717) is 6.54 Å². The average Bonchev–Trinajstić information content (AvgIpc) is 2.88.